The number of nitrogens with zero attached hydrogens (tertiary/aromatic N) is 2. The Morgan fingerprint density at radius 1 is 1.00 bits per heavy atom. The highest BCUT2D eigenvalue weighted by Gasteiger charge is 2.12. The summed E-state index contributed by atoms with van der Waals surface area (Å²) in [6.07, 6.45) is 0. The highest BCUT2D eigenvalue weighted by molar-refractivity contribution is 5.63. The van der Waals surface area contributed by atoms with E-state index in [0.29, 0.717) is 5.88 Å². The van der Waals surface area contributed by atoms with E-state index in [0.717, 1.165) is 16.9 Å². The summed E-state index contributed by atoms with van der Waals surface area (Å²) in [5.41, 5.74) is 3.91. The van der Waals surface area contributed by atoms with Gasteiger partial charge in [-0.1, -0.05) is 29.8 Å². The summed E-state index contributed by atoms with van der Waals surface area (Å²) in [5.74, 6) is 0.254. The molecule has 0 aliphatic carbocycles. The van der Waals surface area contributed by atoms with Crippen LogP contribution >= 0.6 is 0 Å². The zero-order chi connectivity index (χ0) is 14.8. The summed E-state index contributed by atoms with van der Waals surface area (Å²) in [5, 5.41) is 4.40. The van der Waals surface area contributed by atoms with Gasteiger partial charge in [-0.25, -0.2) is 9.07 Å². The minimum atomic E-state index is -0.269. The molecule has 3 aromatic rings. The van der Waals surface area contributed by atoms with E-state index in [9.17, 15) is 4.39 Å². The molecule has 0 atom stereocenters. The minimum Gasteiger partial charge on any atom is -0.480 e. The van der Waals surface area contributed by atoms with Crippen LogP contribution in [0.5, 0.6) is 5.88 Å². The van der Waals surface area contributed by atoms with Gasteiger partial charge in [0.05, 0.1) is 18.5 Å². The Balaban J connectivity index is 2.13. The number of aromatic nitrogens is 2. The predicted octanol–water partition coefficient (Wildman–Crippen LogP) is 4.00. The highest BCUT2D eigenvalue weighted by Crippen LogP contribution is 2.27. The maximum atomic E-state index is 13.1. The molecule has 0 spiro atoms. The van der Waals surface area contributed by atoms with Crippen molar-refractivity contribution in [2.75, 3.05) is 7.11 Å². The lowest BCUT2D eigenvalue weighted by Crippen LogP contribution is -1.99. The van der Waals surface area contributed by atoms with Crippen LogP contribution in [0.4, 0.5) is 4.39 Å². The highest BCUT2D eigenvalue weighted by atomic mass is 19.1. The smallest absolute Gasteiger partial charge is 0.233 e. The molecule has 1 heterocycles. The van der Waals surface area contributed by atoms with Crippen LogP contribution in [0, 0.1) is 12.7 Å². The molecular weight excluding hydrogens is 267 g/mol. The first-order valence-electron chi connectivity index (χ1n) is 6.64. The monoisotopic (exact) mass is 282 g/mol. The van der Waals surface area contributed by atoms with Gasteiger partial charge in [0, 0.05) is 11.6 Å². The molecule has 0 aliphatic heterocycles. The van der Waals surface area contributed by atoms with E-state index in [4.69, 9.17) is 4.74 Å². The van der Waals surface area contributed by atoms with Crippen LogP contribution in [0.1, 0.15) is 5.56 Å². The molecule has 0 fully saturated rings. The number of methoxy groups -OCH3 is 1. The van der Waals surface area contributed by atoms with Crippen molar-refractivity contribution in [2.24, 2.45) is 0 Å². The van der Waals surface area contributed by atoms with Crippen molar-refractivity contribution in [3.8, 4) is 22.8 Å². The van der Waals surface area contributed by atoms with Crippen molar-refractivity contribution in [1.82, 2.24) is 9.78 Å². The van der Waals surface area contributed by atoms with Crippen molar-refractivity contribution in [3.63, 3.8) is 0 Å². The molecule has 21 heavy (non-hydrogen) atoms. The molecular formula is C17H15FN2O. The van der Waals surface area contributed by atoms with Crippen molar-refractivity contribution in [2.45, 2.75) is 6.92 Å². The summed E-state index contributed by atoms with van der Waals surface area (Å²) in [6, 6.07) is 16.3. The molecule has 0 saturated carbocycles. The summed E-state index contributed by atoms with van der Waals surface area (Å²) in [4.78, 5) is 0. The molecule has 3 rings (SSSR count). The van der Waals surface area contributed by atoms with E-state index < -0.39 is 0 Å². The van der Waals surface area contributed by atoms with Crippen molar-refractivity contribution >= 4 is 0 Å². The first-order valence-corrected chi connectivity index (χ1v) is 6.64. The van der Waals surface area contributed by atoms with Gasteiger partial charge < -0.3 is 4.74 Å². The normalized spacial score (nSPS) is 10.6. The van der Waals surface area contributed by atoms with Gasteiger partial charge in [-0.2, -0.15) is 0 Å². The van der Waals surface area contributed by atoms with Gasteiger partial charge in [0.1, 0.15) is 5.82 Å². The van der Waals surface area contributed by atoms with Gasteiger partial charge >= 0.3 is 0 Å². The van der Waals surface area contributed by atoms with Crippen LogP contribution in [0.2, 0.25) is 0 Å². The van der Waals surface area contributed by atoms with Crippen LogP contribution in [0.15, 0.2) is 54.6 Å². The third kappa shape index (κ3) is 2.65. The maximum Gasteiger partial charge on any atom is 0.233 e. The first kappa shape index (κ1) is 13.4. The lowest BCUT2D eigenvalue weighted by atomic mass is 10.1. The maximum absolute atomic E-state index is 13.1. The second-order valence-corrected chi connectivity index (χ2v) is 4.83. The van der Waals surface area contributed by atoms with E-state index in [1.165, 1.54) is 17.7 Å². The second-order valence-electron chi connectivity index (χ2n) is 4.83. The molecule has 0 unspecified atom stereocenters. The molecule has 106 valence electrons. The van der Waals surface area contributed by atoms with Crippen molar-refractivity contribution in [1.29, 1.82) is 0 Å². The Kier molecular flexibility index (Phi) is 3.44. The van der Waals surface area contributed by atoms with E-state index in [1.54, 1.807) is 23.9 Å². The van der Waals surface area contributed by atoms with E-state index in [1.807, 2.05) is 37.3 Å². The Labute approximate surface area is 122 Å². The zero-order valence-electron chi connectivity index (χ0n) is 11.9. The molecule has 0 bridgehead atoms. The van der Waals surface area contributed by atoms with Crippen LogP contribution in [-0.4, -0.2) is 16.9 Å². The number of benzene rings is 2. The fourth-order valence-electron chi connectivity index (χ4n) is 2.17. The molecule has 0 amide bonds. The third-order valence-electron chi connectivity index (χ3n) is 3.31. The lowest BCUT2D eigenvalue weighted by Gasteiger charge is -2.07. The first-order chi connectivity index (χ1) is 10.2. The average molecular weight is 282 g/mol. The largest absolute Gasteiger partial charge is 0.480 e. The minimum absolute atomic E-state index is 0.269. The predicted molar refractivity (Wildman–Crippen MR) is 80.2 cm³/mol. The standard InChI is InChI=1S/C17H15FN2O/c1-12-3-5-13(6-4-12)16-11-17(21-2)19-20(16)15-9-7-14(18)8-10-15/h3-11H,1-2H3. The summed E-state index contributed by atoms with van der Waals surface area (Å²) >= 11 is 0. The molecule has 0 radical (unpaired) electrons. The fourth-order valence-corrected chi connectivity index (χ4v) is 2.17. The molecule has 3 nitrogen and oxygen atoms in total. The van der Waals surface area contributed by atoms with Gasteiger partial charge in [-0.3, -0.25) is 0 Å². The average Bonchev–Trinajstić information content (AvgIpc) is 2.93. The van der Waals surface area contributed by atoms with Gasteiger partial charge in [0.25, 0.3) is 0 Å². The summed E-state index contributed by atoms with van der Waals surface area (Å²) in [6.45, 7) is 2.04. The van der Waals surface area contributed by atoms with Crippen LogP contribution in [-0.2, 0) is 0 Å². The lowest BCUT2D eigenvalue weighted by molar-refractivity contribution is 0.394. The Morgan fingerprint density at radius 2 is 1.67 bits per heavy atom. The molecule has 2 aromatic carbocycles. The number of hydrogen-bond donors (Lipinski definition) is 0. The molecule has 0 aliphatic rings. The Hall–Kier alpha value is -2.62. The van der Waals surface area contributed by atoms with Crippen molar-refractivity contribution in [3.05, 3.63) is 66.0 Å². The third-order valence-corrected chi connectivity index (χ3v) is 3.31. The van der Waals surface area contributed by atoms with Gasteiger partial charge in [-0.05, 0) is 31.2 Å². The van der Waals surface area contributed by atoms with Gasteiger partial charge in [0.15, 0.2) is 0 Å². The van der Waals surface area contributed by atoms with Gasteiger partial charge in [-0.15, -0.1) is 5.10 Å². The molecule has 0 saturated heterocycles. The fraction of sp³-hybridized carbons (Fsp3) is 0.118. The topological polar surface area (TPSA) is 27.1 Å². The SMILES string of the molecule is COc1cc(-c2ccc(C)cc2)n(-c2ccc(F)cc2)n1. The van der Waals surface area contributed by atoms with E-state index in [-0.39, 0.29) is 5.82 Å². The molecule has 4 heteroatoms. The van der Waals surface area contributed by atoms with Gasteiger partial charge in [0.2, 0.25) is 5.88 Å². The summed E-state index contributed by atoms with van der Waals surface area (Å²) in [7, 11) is 1.58. The number of halogens is 1. The number of aryl methyl sites for hydroxylation is 1. The van der Waals surface area contributed by atoms with E-state index in [2.05, 4.69) is 5.10 Å². The van der Waals surface area contributed by atoms with Crippen LogP contribution in [0.25, 0.3) is 16.9 Å². The van der Waals surface area contributed by atoms with Crippen LogP contribution < -0.4 is 4.74 Å². The molecule has 1 aromatic heterocycles. The van der Waals surface area contributed by atoms with Crippen LogP contribution in [0.3, 0.4) is 0 Å². The number of rotatable bonds is 3. The van der Waals surface area contributed by atoms with Crippen molar-refractivity contribution < 1.29 is 9.13 Å². The summed E-state index contributed by atoms with van der Waals surface area (Å²) < 4.78 is 20.1. The Morgan fingerprint density at radius 3 is 2.29 bits per heavy atom. The van der Waals surface area contributed by atoms with E-state index >= 15 is 0 Å². The Bertz CT molecular complexity index is 682. The quantitative estimate of drug-likeness (QED) is 0.726. The molecule has 0 N–H and O–H groups in total. The zero-order valence-corrected chi connectivity index (χ0v) is 11.9. The number of hydrogen-bond acceptors (Lipinski definition) is 2. The second kappa shape index (κ2) is 5.40. The number of ether oxygens (including phenoxy) is 1.